The summed E-state index contributed by atoms with van der Waals surface area (Å²) in [5, 5.41) is 13.9. The van der Waals surface area contributed by atoms with E-state index in [1.165, 1.54) is 0 Å². The Bertz CT molecular complexity index is 751. The van der Waals surface area contributed by atoms with Crippen molar-refractivity contribution in [2.24, 2.45) is 5.92 Å². The van der Waals surface area contributed by atoms with Gasteiger partial charge in [0.15, 0.2) is 0 Å². The van der Waals surface area contributed by atoms with Gasteiger partial charge < -0.3 is 5.11 Å². The fraction of sp³-hybridized carbons (Fsp3) is 0.222. The Balaban J connectivity index is 1.94. The molecule has 1 heterocycles. The normalized spacial score (nSPS) is 22.0. The molecule has 4 rings (SSSR count). The SMILES string of the molecule is O=C1CCC(C2(O)c3ccccc3-c3ccccc32)C(=O)N1. The van der Waals surface area contributed by atoms with E-state index in [4.69, 9.17) is 0 Å². The van der Waals surface area contributed by atoms with Gasteiger partial charge in [-0.05, 0) is 28.7 Å². The summed E-state index contributed by atoms with van der Waals surface area (Å²) < 4.78 is 0. The van der Waals surface area contributed by atoms with Crippen LogP contribution >= 0.6 is 0 Å². The monoisotopic (exact) mass is 293 g/mol. The van der Waals surface area contributed by atoms with Gasteiger partial charge in [-0.15, -0.1) is 0 Å². The number of imide groups is 1. The van der Waals surface area contributed by atoms with Gasteiger partial charge >= 0.3 is 0 Å². The molecule has 1 aliphatic heterocycles. The van der Waals surface area contributed by atoms with Crippen molar-refractivity contribution in [1.29, 1.82) is 0 Å². The minimum Gasteiger partial charge on any atom is -0.380 e. The topological polar surface area (TPSA) is 66.4 Å². The van der Waals surface area contributed by atoms with Gasteiger partial charge in [-0.3, -0.25) is 14.9 Å². The number of piperidine rings is 1. The zero-order valence-electron chi connectivity index (χ0n) is 11.9. The largest absolute Gasteiger partial charge is 0.380 e. The van der Waals surface area contributed by atoms with Crippen molar-refractivity contribution in [1.82, 2.24) is 5.32 Å². The van der Waals surface area contributed by atoms with Gasteiger partial charge in [0.25, 0.3) is 0 Å². The highest BCUT2D eigenvalue weighted by molar-refractivity contribution is 6.00. The molecule has 1 saturated heterocycles. The van der Waals surface area contributed by atoms with Crippen LogP contribution in [0.4, 0.5) is 0 Å². The number of nitrogens with one attached hydrogen (secondary N) is 1. The molecule has 110 valence electrons. The average Bonchev–Trinajstić information content (AvgIpc) is 2.79. The van der Waals surface area contributed by atoms with Crippen molar-refractivity contribution >= 4 is 11.8 Å². The molecule has 0 spiro atoms. The lowest BCUT2D eigenvalue weighted by Gasteiger charge is -2.35. The molecule has 2 N–H and O–H groups in total. The van der Waals surface area contributed by atoms with Crippen LogP contribution in [0.1, 0.15) is 24.0 Å². The summed E-state index contributed by atoms with van der Waals surface area (Å²) >= 11 is 0. The van der Waals surface area contributed by atoms with E-state index in [1.54, 1.807) is 0 Å². The van der Waals surface area contributed by atoms with E-state index >= 15 is 0 Å². The summed E-state index contributed by atoms with van der Waals surface area (Å²) in [5.74, 6) is -1.33. The van der Waals surface area contributed by atoms with Crippen molar-refractivity contribution in [2.45, 2.75) is 18.4 Å². The van der Waals surface area contributed by atoms with Gasteiger partial charge in [0.1, 0.15) is 5.60 Å². The molecular weight excluding hydrogens is 278 g/mol. The van der Waals surface area contributed by atoms with Crippen LogP contribution in [0.5, 0.6) is 0 Å². The van der Waals surface area contributed by atoms with Gasteiger partial charge in [0, 0.05) is 6.42 Å². The minimum absolute atomic E-state index is 0.253. The van der Waals surface area contributed by atoms with Crippen molar-refractivity contribution in [3.8, 4) is 11.1 Å². The highest BCUT2D eigenvalue weighted by Gasteiger charge is 2.51. The quantitative estimate of drug-likeness (QED) is 0.790. The summed E-state index contributed by atoms with van der Waals surface area (Å²) in [5.41, 5.74) is 2.00. The third-order valence-electron chi connectivity index (χ3n) is 4.71. The standard InChI is InChI=1S/C18H15NO3/c20-16-10-9-15(17(21)19-16)18(22)13-7-3-1-5-11(13)12-6-2-4-8-14(12)18/h1-8,15,22H,9-10H2,(H,19,20,21). The number of fused-ring (bicyclic) bond motifs is 3. The van der Waals surface area contributed by atoms with E-state index in [9.17, 15) is 14.7 Å². The molecule has 22 heavy (non-hydrogen) atoms. The average molecular weight is 293 g/mol. The molecule has 0 aromatic heterocycles. The number of hydrogen-bond donors (Lipinski definition) is 2. The third-order valence-corrected chi connectivity index (χ3v) is 4.71. The van der Waals surface area contributed by atoms with Crippen LogP contribution < -0.4 is 5.32 Å². The van der Waals surface area contributed by atoms with Crippen LogP contribution in [0.15, 0.2) is 48.5 Å². The van der Waals surface area contributed by atoms with E-state index in [-0.39, 0.29) is 12.3 Å². The maximum absolute atomic E-state index is 12.3. The Labute approximate surface area is 127 Å². The van der Waals surface area contributed by atoms with Crippen LogP contribution in [-0.2, 0) is 15.2 Å². The lowest BCUT2D eigenvalue weighted by molar-refractivity contribution is -0.142. The first-order chi connectivity index (χ1) is 10.6. The Morgan fingerprint density at radius 3 is 2.05 bits per heavy atom. The summed E-state index contributed by atoms with van der Waals surface area (Å²) in [6.07, 6.45) is 0.604. The first-order valence-electron chi connectivity index (χ1n) is 7.38. The number of amides is 2. The van der Waals surface area contributed by atoms with Crippen LogP contribution in [0, 0.1) is 5.92 Å². The number of hydrogen-bond acceptors (Lipinski definition) is 3. The molecule has 1 fully saturated rings. The smallest absolute Gasteiger partial charge is 0.233 e. The van der Waals surface area contributed by atoms with Gasteiger partial charge in [-0.2, -0.15) is 0 Å². The van der Waals surface area contributed by atoms with E-state index in [0.29, 0.717) is 6.42 Å². The number of rotatable bonds is 1. The molecule has 4 nitrogen and oxygen atoms in total. The highest BCUT2D eigenvalue weighted by atomic mass is 16.3. The summed E-state index contributed by atoms with van der Waals surface area (Å²) in [7, 11) is 0. The molecular formula is C18H15NO3. The second-order valence-electron chi connectivity index (χ2n) is 5.86. The second-order valence-corrected chi connectivity index (χ2v) is 5.86. The Hall–Kier alpha value is -2.46. The number of aliphatic hydroxyl groups is 1. The second kappa shape index (κ2) is 4.52. The van der Waals surface area contributed by atoms with E-state index < -0.39 is 17.4 Å². The first-order valence-corrected chi connectivity index (χ1v) is 7.38. The predicted octanol–water partition coefficient (Wildman–Crippen LogP) is 1.96. The van der Waals surface area contributed by atoms with Crippen LogP contribution in [0.2, 0.25) is 0 Å². The molecule has 1 atom stereocenters. The number of benzene rings is 2. The van der Waals surface area contributed by atoms with Crippen molar-refractivity contribution in [2.75, 3.05) is 0 Å². The van der Waals surface area contributed by atoms with Crippen molar-refractivity contribution in [3.05, 3.63) is 59.7 Å². The van der Waals surface area contributed by atoms with Gasteiger partial charge in [0.2, 0.25) is 11.8 Å². The molecule has 2 aliphatic rings. The summed E-state index contributed by atoms with van der Waals surface area (Å²) in [6, 6.07) is 15.2. The summed E-state index contributed by atoms with van der Waals surface area (Å²) in [6.45, 7) is 0. The maximum Gasteiger partial charge on any atom is 0.233 e. The Morgan fingerprint density at radius 2 is 1.50 bits per heavy atom. The molecule has 2 aromatic carbocycles. The lowest BCUT2D eigenvalue weighted by atomic mass is 9.75. The van der Waals surface area contributed by atoms with E-state index in [2.05, 4.69) is 5.32 Å². The van der Waals surface area contributed by atoms with Crippen LogP contribution in [0.3, 0.4) is 0 Å². The Morgan fingerprint density at radius 1 is 0.955 bits per heavy atom. The molecule has 2 amide bonds. The highest BCUT2D eigenvalue weighted by Crippen LogP contribution is 2.52. The van der Waals surface area contributed by atoms with Crippen molar-refractivity contribution < 1.29 is 14.7 Å². The van der Waals surface area contributed by atoms with Crippen molar-refractivity contribution in [3.63, 3.8) is 0 Å². The lowest BCUT2D eigenvalue weighted by Crippen LogP contribution is -2.50. The maximum atomic E-state index is 12.3. The first kappa shape index (κ1) is 13.2. The molecule has 0 bridgehead atoms. The number of carbonyl (C=O) groups excluding carboxylic acids is 2. The fourth-order valence-electron chi connectivity index (χ4n) is 3.71. The molecule has 4 heteroatoms. The molecule has 1 aliphatic carbocycles. The van der Waals surface area contributed by atoms with E-state index in [1.807, 2.05) is 48.5 Å². The summed E-state index contributed by atoms with van der Waals surface area (Å²) in [4.78, 5) is 23.7. The molecule has 0 saturated carbocycles. The fourth-order valence-corrected chi connectivity index (χ4v) is 3.71. The third kappa shape index (κ3) is 1.61. The zero-order valence-corrected chi connectivity index (χ0v) is 11.9. The minimum atomic E-state index is -1.38. The van der Waals surface area contributed by atoms with Gasteiger partial charge in [-0.25, -0.2) is 0 Å². The molecule has 2 aromatic rings. The zero-order chi connectivity index (χ0) is 15.3. The predicted molar refractivity (Wildman–Crippen MR) is 80.8 cm³/mol. The van der Waals surface area contributed by atoms with Crippen LogP contribution in [-0.4, -0.2) is 16.9 Å². The molecule has 0 radical (unpaired) electrons. The van der Waals surface area contributed by atoms with Gasteiger partial charge in [-0.1, -0.05) is 48.5 Å². The van der Waals surface area contributed by atoms with Gasteiger partial charge in [0.05, 0.1) is 5.92 Å². The molecule has 1 unspecified atom stereocenters. The Kier molecular flexibility index (Phi) is 2.71. The van der Waals surface area contributed by atoms with Crippen LogP contribution in [0.25, 0.3) is 11.1 Å². The number of carbonyl (C=O) groups is 2. The van der Waals surface area contributed by atoms with E-state index in [0.717, 1.165) is 22.3 Å².